The van der Waals surface area contributed by atoms with Crippen LogP contribution in [0.3, 0.4) is 0 Å². The first-order chi connectivity index (χ1) is 21.6. The molecular weight excluding hydrogens is 697 g/mol. The van der Waals surface area contributed by atoms with Crippen LogP contribution in [0.2, 0.25) is 10.0 Å². The highest BCUT2D eigenvalue weighted by Gasteiger charge is 2.35. The van der Waals surface area contributed by atoms with E-state index in [-0.39, 0.29) is 39.5 Å². The normalized spacial score (nSPS) is 11.9. The lowest BCUT2D eigenvalue weighted by atomic mass is 10.0. The SMILES string of the molecule is CCCCNC(=O)[C@H](Cc1ccccc1)N(Cc1cccc(Br)c1)C(=O)CN(c1cc(Cl)ccc1Cl)S(=O)(=O)c1ccccc1. The lowest BCUT2D eigenvalue weighted by Gasteiger charge is -2.34. The summed E-state index contributed by atoms with van der Waals surface area (Å²) >= 11 is 16.3. The monoisotopic (exact) mass is 729 g/mol. The van der Waals surface area contributed by atoms with Crippen LogP contribution in [0, 0.1) is 0 Å². The largest absolute Gasteiger partial charge is 0.354 e. The van der Waals surface area contributed by atoms with E-state index in [2.05, 4.69) is 21.2 Å². The molecule has 0 unspecified atom stereocenters. The summed E-state index contributed by atoms with van der Waals surface area (Å²) in [5.74, 6) is -0.911. The number of hydrogen-bond acceptors (Lipinski definition) is 4. The molecule has 0 saturated carbocycles. The Morgan fingerprint density at radius 3 is 2.20 bits per heavy atom. The van der Waals surface area contributed by atoms with Crippen molar-refractivity contribution in [1.29, 1.82) is 0 Å². The number of nitrogens with zero attached hydrogens (tertiary/aromatic N) is 2. The molecule has 4 aromatic carbocycles. The van der Waals surface area contributed by atoms with E-state index in [9.17, 15) is 18.0 Å². The van der Waals surface area contributed by atoms with Gasteiger partial charge in [-0.15, -0.1) is 0 Å². The number of nitrogens with one attached hydrogen (secondary N) is 1. The Hall–Kier alpha value is -3.37. The fourth-order valence-electron chi connectivity index (χ4n) is 4.80. The molecule has 0 radical (unpaired) electrons. The predicted molar refractivity (Wildman–Crippen MR) is 184 cm³/mol. The van der Waals surface area contributed by atoms with Crippen molar-refractivity contribution in [2.45, 2.75) is 43.7 Å². The lowest BCUT2D eigenvalue weighted by molar-refractivity contribution is -0.140. The maximum Gasteiger partial charge on any atom is 0.264 e. The minimum Gasteiger partial charge on any atom is -0.354 e. The highest BCUT2D eigenvalue weighted by atomic mass is 79.9. The summed E-state index contributed by atoms with van der Waals surface area (Å²) in [4.78, 5) is 29.7. The Balaban J connectivity index is 1.81. The summed E-state index contributed by atoms with van der Waals surface area (Å²) in [7, 11) is -4.29. The van der Waals surface area contributed by atoms with Crippen molar-refractivity contribution >= 4 is 66.7 Å². The third-order valence-electron chi connectivity index (χ3n) is 7.13. The van der Waals surface area contributed by atoms with Crippen molar-refractivity contribution in [2.24, 2.45) is 0 Å². The van der Waals surface area contributed by atoms with Gasteiger partial charge in [0.25, 0.3) is 10.0 Å². The van der Waals surface area contributed by atoms with Crippen molar-refractivity contribution in [1.82, 2.24) is 10.2 Å². The van der Waals surface area contributed by atoms with Crippen LogP contribution in [0.4, 0.5) is 5.69 Å². The van der Waals surface area contributed by atoms with Crippen LogP contribution in [0.5, 0.6) is 0 Å². The van der Waals surface area contributed by atoms with Crippen molar-refractivity contribution in [3.8, 4) is 0 Å². The molecule has 0 saturated heterocycles. The molecule has 4 aromatic rings. The zero-order chi connectivity index (χ0) is 32.4. The minimum atomic E-state index is -4.29. The first kappa shape index (κ1) is 34.5. The number of hydrogen-bond donors (Lipinski definition) is 1. The standard InChI is InChI=1S/C34H34BrCl2N3O4S/c1-2-3-19-38-34(42)32(21-25-11-6-4-7-12-25)39(23-26-13-10-14-27(35)20-26)33(41)24-40(31-22-28(36)17-18-30(31)37)45(43,44)29-15-8-5-9-16-29/h4-18,20,22,32H,2-3,19,21,23-24H2,1H3,(H,38,42)/t32-/m0/s1. The summed E-state index contributed by atoms with van der Waals surface area (Å²) in [6.45, 7) is 1.91. The second-order valence-electron chi connectivity index (χ2n) is 10.4. The lowest BCUT2D eigenvalue weighted by Crippen LogP contribution is -2.53. The Labute approximate surface area is 283 Å². The van der Waals surface area contributed by atoms with E-state index in [1.165, 1.54) is 29.2 Å². The number of unbranched alkanes of at least 4 members (excludes halogenated alkanes) is 1. The fraction of sp³-hybridized carbons (Fsp3) is 0.235. The van der Waals surface area contributed by atoms with E-state index in [0.717, 1.165) is 32.7 Å². The smallest absolute Gasteiger partial charge is 0.264 e. The molecule has 236 valence electrons. The highest BCUT2D eigenvalue weighted by Crippen LogP contribution is 2.33. The van der Waals surface area contributed by atoms with Crippen LogP contribution in [0.15, 0.2) is 112 Å². The quantitative estimate of drug-likeness (QED) is 0.136. The summed E-state index contributed by atoms with van der Waals surface area (Å²) in [5, 5.41) is 3.33. The summed E-state index contributed by atoms with van der Waals surface area (Å²) < 4.78 is 30.0. The van der Waals surface area contributed by atoms with Gasteiger partial charge in [0.2, 0.25) is 11.8 Å². The van der Waals surface area contributed by atoms with Crippen LogP contribution >= 0.6 is 39.1 Å². The van der Waals surface area contributed by atoms with Crippen LogP contribution in [-0.4, -0.2) is 44.3 Å². The molecule has 7 nitrogen and oxygen atoms in total. The number of anilines is 1. The van der Waals surface area contributed by atoms with Gasteiger partial charge in [0.05, 0.1) is 15.6 Å². The number of halogens is 3. The molecule has 0 fully saturated rings. The topological polar surface area (TPSA) is 86.8 Å². The van der Waals surface area contributed by atoms with Crippen LogP contribution < -0.4 is 9.62 Å². The number of rotatable bonds is 14. The average Bonchev–Trinajstić information content (AvgIpc) is 3.03. The second-order valence-corrected chi connectivity index (χ2v) is 14.0. The molecule has 0 aromatic heterocycles. The Morgan fingerprint density at radius 1 is 0.867 bits per heavy atom. The molecule has 0 aliphatic rings. The zero-order valence-corrected chi connectivity index (χ0v) is 28.6. The number of carbonyl (C=O) groups excluding carboxylic acids is 2. The first-order valence-electron chi connectivity index (χ1n) is 14.5. The molecule has 0 spiro atoms. The van der Waals surface area contributed by atoms with Crippen LogP contribution in [-0.2, 0) is 32.6 Å². The van der Waals surface area contributed by atoms with Gasteiger partial charge in [0.15, 0.2) is 0 Å². The Kier molecular flexibility index (Phi) is 12.5. The van der Waals surface area contributed by atoms with E-state index >= 15 is 0 Å². The number of sulfonamides is 1. The van der Waals surface area contributed by atoms with Gasteiger partial charge in [0.1, 0.15) is 12.6 Å². The molecule has 45 heavy (non-hydrogen) atoms. The predicted octanol–water partition coefficient (Wildman–Crippen LogP) is 7.51. The third-order valence-corrected chi connectivity index (χ3v) is 9.95. The van der Waals surface area contributed by atoms with E-state index in [1.54, 1.807) is 24.3 Å². The van der Waals surface area contributed by atoms with Gasteiger partial charge in [-0.05, 0) is 60.0 Å². The summed E-state index contributed by atoms with van der Waals surface area (Å²) in [5.41, 5.74) is 1.66. The summed E-state index contributed by atoms with van der Waals surface area (Å²) in [6.07, 6.45) is 1.89. The highest BCUT2D eigenvalue weighted by molar-refractivity contribution is 9.10. The van der Waals surface area contributed by atoms with E-state index in [0.29, 0.717) is 6.54 Å². The molecule has 0 heterocycles. The molecule has 2 amide bonds. The molecule has 1 atom stereocenters. The molecule has 11 heteroatoms. The van der Waals surface area contributed by atoms with Crippen molar-refractivity contribution in [3.63, 3.8) is 0 Å². The molecule has 1 N–H and O–H groups in total. The minimum absolute atomic E-state index is 0.0227. The van der Waals surface area contributed by atoms with E-state index in [1.807, 2.05) is 61.5 Å². The van der Waals surface area contributed by atoms with Gasteiger partial charge in [-0.2, -0.15) is 0 Å². The maximum atomic E-state index is 14.5. The van der Waals surface area contributed by atoms with Gasteiger partial charge in [-0.1, -0.05) is 113 Å². The van der Waals surface area contributed by atoms with Crippen molar-refractivity contribution < 1.29 is 18.0 Å². The number of benzene rings is 4. The molecule has 0 aliphatic carbocycles. The Morgan fingerprint density at radius 2 is 1.53 bits per heavy atom. The fourth-order valence-corrected chi connectivity index (χ4v) is 7.13. The second kappa shape index (κ2) is 16.3. The van der Waals surface area contributed by atoms with Crippen molar-refractivity contribution in [2.75, 3.05) is 17.4 Å². The Bertz CT molecular complexity index is 1710. The van der Waals surface area contributed by atoms with E-state index < -0.39 is 28.5 Å². The maximum absolute atomic E-state index is 14.5. The molecule has 4 rings (SSSR count). The molecule has 0 bridgehead atoms. The van der Waals surface area contributed by atoms with Gasteiger partial charge < -0.3 is 10.2 Å². The first-order valence-corrected chi connectivity index (χ1v) is 17.5. The van der Waals surface area contributed by atoms with Crippen molar-refractivity contribution in [3.05, 3.63) is 129 Å². The summed E-state index contributed by atoms with van der Waals surface area (Å²) in [6, 6.07) is 28.1. The zero-order valence-electron chi connectivity index (χ0n) is 24.7. The van der Waals surface area contributed by atoms with Gasteiger partial charge in [-0.3, -0.25) is 13.9 Å². The van der Waals surface area contributed by atoms with Crippen LogP contribution in [0.1, 0.15) is 30.9 Å². The molecule has 0 aliphatic heterocycles. The number of amides is 2. The molecular formula is C34H34BrCl2N3O4S. The number of carbonyl (C=O) groups is 2. The van der Waals surface area contributed by atoms with Gasteiger partial charge in [0, 0.05) is 29.0 Å². The van der Waals surface area contributed by atoms with Gasteiger partial charge in [-0.25, -0.2) is 8.42 Å². The average molecular weight is 732 g/mol. The van der Waals surface area contributed by atoms with Gasteiger partial charge >= 0.3 is 0 Å². The third kappa shape index (κ3) is 9.33. The van der Waals surface area contributed by atoms with Crippen LogP contribution in [0.25, 0.3) is 0 Å². The van der Waals surface area contributed by atoms with E-state index in [4.69, 9.17) is 23.2 Å².